The van der Waals surface area contributed by atoms with Crippen molar-refractivity contribution in [1.29, 1.82) is 0 Å². The van der Waals surface area contributed by atoms with Gasteiger partial charge in [0.1, 0.15) is 5.75 Å². The first kappa shape index (κ1) is 18.0. The van der Waals surface area contributed by atoms with Crippen molar-refractivity contribution in [2.24, 2.45) is 5.92 Å². The van der Waals surface area contributed by atoms with Crippen LogP contribution in [0.2, 0.25) is 0 Å². The second kappa shape index (κ2) is 7.68. The number of carbonyl (C=O) groups is 2. The molecule has 2 heterocycles. The lowest BCUT2D eigenvalue weighted by Crippen LogP contribution is -2.23. The summed E-state index contributed by atoms with van der Waals surface area (Å²) in [6, 6.07) is 7.29. The summed E-state index contributed by atoms with van der Waals surface area (Å²) >= 11 is 1.57. The number of nitrogens with one attached hydrogen (secondary N) is 1. The molecule has 1 aliphatic carbocycles. The highest BCUT2D eigenvalue weighted by Crippen LogP contribution is 2.32. The number of rotatable bonds is 5. The van der Waals surface area contributed by atoms with E-state index in [4.69, 9.17) is 4.74 Å². The highest BCUT2D eigenvalue weighted by molar-refractivity contribution is 7.15. The van der Waals surface area contributed by atoms with Gasteiger partial charge in [0.05, 0.1) is 5.69 Å². The van der Waals surface area contributed by atoms with E-state index < -0.39 is 0 Å². The summed E-state index contributed by atoms with van der Waals surface area (Å²) in [4.78, 5) is 31.5. The summed E-state index contributed by atoms with van der Waals surface area (Å²) in [7, 11) is 0. The summed E-state index contributed by atoms with van der Waals surface area (Å²) in [6.07, 6.45) is 4.70. The van der Waals surface area contributed by atoms with Crippen LogP contribution in [0.25, 0.3) is 0 Å². The molecule has 2 aromatic rings. The number of aromatic nitrogens is 1. The molecule has 1 N–H and O–H groups in total. The number of carbonyl (C=O) groups excluding carboxylic acids is 2. The fraction of sp³-hybridized carbons (Fsp3) is 0.450. The number of amides is 2. The van der Waals surface area contributed by atoms with E-state index in [9.17, 15) is 9.59 Å². The monoisotopic (exact) mass is 385 g/mol. The minimum absolute atomic E-state index is 0.0668. The first-order valence-corrected chi connectivity index (χ1v) is 10.2. The minimum atomic E-state index is -0.215. The molecule has 1 aromatic heterocycles. The summed E-state index contributed by atoms with van der Waals surface area (Å²) in [5.74, 6) is 1.23. The molecule has 142 valence electrons. The average Bonchev–Trinajstić information content (AvgIpc) is 3.25. The van der Waals surface area contributed by atoms with E-state index in [2.05, 4.69) is 17.2 Å². The van der Waals surface area contributed by atoms with Crippen molar-refractivity contribution < 1.29 is 14.3 Å². The van der Waals surface area contributed by atoms with Gasteiger partial charge in [-0.15, -0.1) is 11.3 Å². The second-order valence-corrected chi connectivity index (χ2v) is 8.30. The predicted octanol–water partition coefficient (Wildman–Crippen LogP) is 3.41. The van der Waals surface area contributed by atoms with Crippen LogP contribution in [0.4, 0.5) is 10.8 Å². The molecular formula is C20H23N3O3S. The number of aryl methyl sites for hydroxylation is 1. The van der Waals surface area contributed by atoms with E-state index in [1.807, 2.05) is 12.1 Å². The Bertz CT molecular complexity index is 847. The Balaban J connectivity index is 1.30. The molecule has 0 bridgehead atoms. The third kappa shape index (κ3) is 4.13. The van der Waals surface area contributed by atoms with Gasteiger partial charge in [0.15, 0.2) is 11.7 Å². The number of anilines is 2. The van der Waals surface area contributed by atoms with Crippen LogP contribution >= 0.6 is 11.3 Å². The maximum atomic E-state index is 12.2. The number of thiazole rings is 1. The van der Waals surface area contributed by atoms with Crippen molar-refractivity contribution in [1.82, 2.24) is 4.98 Å². The van der Waals surface area contributed by atoms with Crippen molar-refractivity contribution >= 4 is 34.0 Å². The van der Waals surface area contributed by atoms with Gasteiger partial charge in [0.25, 0.3) is 5.91 Å². The molecule has 1 aromatic carbocycles. The molecule has 2 aliphatic rings. The highest BCUT2D eigenvalue weighted by Gasteiger charge is 2.22. The molecular weight excluding hydrogens is 362 g/mol. The van der Waals surface area contributed by atoms with E-state index in [1.54, 1.807) is 28.4 Å². The van der Waals surface area contributed by atoms with E-state index in [0.717, 1.165) is 43.6 Å². The zero-order chi connectivity index (χ0) is 18.8. The van der Waals surface area contributed by atoms with Crippen LogP contribution in [-0.4, -0.2) is 29.9 Å². The van der Waals surface area contributed by atoms with Gasteiger partial charge in [-0.3, -0.25) is 14.9 Å². The molecule has 1 aliphatic heterocycles. The van der Waals surface area contributed by atoms with Crippen LogP contribution in [0.1, 0.15) is 36.8 Å². The molecule has 0 radical (unpaired) electrons. The quantitative estimate of drug-likeness (QED) is 0.856. The standard InChI is InChI=1S/C20H23N3O3S/c1-13-4-9-16-17(11-13)27-20(21-16)22-18(24)12-26-15-7-5-14(6-8-15)23-10-2-3-19(23)25/h5-8,13H,2-4,9-12H2,1H3,(H,21,22,24). The van der Waals surface area contributed by atoms with Gasteiger partial charge in [-0.05, 0) is 55.9 Å². The molecule has 1 fully saturated rings. The van der Waals surface area contributed by atoms with Gasteiger partial charge in [-0.2, -0.15) is 0 Å². The predicted molar refractivity (Wildman–Crippen MR) is 105 cm³/mol. The van der Waals surface area contributed by atoms with Crippen LogP contribution < -0.4 is 15.0 Å². The lowest BCUT2D eigenvalue weighted by Gasteiger charge is -2.16. The molecule has 0 saturated carbocycles. The van der Waals surface area contributed by atoms with Gasteiger partial charge in [0.2, 0.25) is 5.91 Å². The third-order valence-electron chi connectivity index (χ3n) is 5.02. The van der Waals surface area contributed by atoms with E-state index >= 15 is 0 Å². The maximum Gasteiger partial charge on any atom is 0.264 e. The van der Waals surface area contributed by atoms with Crippen molar-refractivity contribution in [3.63, 3.8) is 0 Å². The minimum Gasteiger partial charge on any atom is -0.484 e. The fourth-order valence-electron chi connectivity index (χ4n) is 3.54. The Morgan fingerprint density at radius 2 is 2.15 bits per heavy atom. The molecule has 7 heteroatoms. The van der Waals surface area contributed by atoms with Crippen LogP contribution in [0, 0.1) is 5.92 Å². The van der Waals surface area contributed by atoms with E-state index in [0.29, 0.717) is 23.2 Å². The first-order valence-electron chi connectivity index (χ1n) is 9.40. The molecule has 27 heavy (non-hydrogen) atoms. The molecule has 0 spiro atoms. The van der Waals surface area contributed by atoms with Crippen LogP contribution in [0.3, 0.4) is 0 Å². The normalized spacial score (nSPS) is 19.1. The smallest absolute Gasteiger partial charge is 0.264 e. The van der Waals surface area contributed by atoms with E-state index in [-0.39, 0.29) is 18.4 Å². The zero-order valence-electron chi connectivity index (χ0n) is 15.4. The number of ether oxygens (including phenoxy) is 1. The number of nitrogens with zero attached hydrogens (tertiary/aromatic N) is 2. The first-order chi connectivity index (χ1) is 13.1. The van der Waals surface area contributed by atoms with Crippen LogP contribution in [0.5, 0.6) is 5.75 Å². The van der Waals surface area contributed by atoms with Crippen molar-refractivity contribution in [3.8, 4) is 5.75 Å². The lowest BCUT2D eigenvalue weighted by molar-refractivity contribution is -0.118. The number of benzene rings is 1. The second-order valence-electron chi connectivity index (χ2n) is 7.22. The van der Waals surface area contributed by atoms with Gasteiger partial charge < -0.3 is 9.64 Å². The molecule has 2 amide bonds. The lowest BCUT2D eigenvalue weighted by atomic mass is 9.93. The summed E-state index contributed by atoms with van der Waals surface area (Å²) in [5, 5.41) is 3.49. The van der Waals surface area contributed by atoms with Crippen molar-refractivity contribution in [3.05, 3.63) is 34.8 Å². The Kier molecular flexibility index (Phi) is 5.11. The topological polar surface area (TPSA) is 71.5 Å². The largest absolute Gasteiger partial charge is 0.484 e. The number of hydrogen-bond acceptors (Lipinski definition) is 5. The van der Waals surface area contributed by atoms with Crippen LogP contribution in [0.15, 0.2) is 24.3 Å². The molecule has 1 saturated heterocycles. The van der Waals surface area contributed by atoms with Gasteiger partial charge in [-0.1, -0.05) is 6.92 Å². The highest BCUT2D eigenvalue weighted by atomic mass is 32.1. The molecule has 4 rings (SSSR count). The Morgan fingerprint density at radius 3 is 2.89 bits per heavy atom. The Morgan fingerprint density at radius 1 is 1.33 bits per heavy atom. The Hall–Kier alpha value is -2.41. The van der Waals surface area contributed by atoms with Gasteiger partial charge in [-0.25, -0.2) is 4.98 Å². The SMILES string of the molecule is CC1CCc2nc(NC(=O)COc3ccc(N4CCCC4=O)cc3)sc2C1. The van der Waals surface area contributed by atoms with E-state index in [1.165, 1.54) is 4.88 Å². The molecule has 1 atom stereocenters. The van der Waals surface area contributed by atoms with Gasteiger partial charge in [0, 0.05) is 23.5 Å². The van der Waals surface area contributed by atoms with Crippen LogP contribution in [-0.2, 0) is 22.4 Å². The number of hydrogen-bond donors (Lipinski definition) is 1. The van der Waals surface area contributed by atoms with Gasteiger partial charge >= 0.3 is 0 Å². The summed E-state index contributed by atoms with van der Waals surface area (Å²) < 4.78 is 5.56. The molecule has 1 unspecified atom stereocenters. The Labute approximate surface area is 162 Å². The summed E-state index contributed by atoms with van der Waals surface area (Å²) in [5.41, 5.74) is 2.00. The van der Waals surface area contributed by atoms with Crippen molar-refractivity contribution in [2.75, 3.05) is 23.4 Å². The van der Waals surface area contributed by atoms with Crippen molar-refractivity contribution in [2.45, 2.75) is 39.0 Å². The third-order valence-corrected chi connectivity index (χ3v) is 6.06. The summed E-state index contributed by atoms with van der Waals surface area (Å²) in [6.45, 7) is 2.94. The number of fused-ring (bicyclic) bond motifs is 1. The zero-order valence-corrected chi connectivity index (χ0v) is 16.2. The molecule has 6 nitrogen and oxygen atoms in total. The maximum absolute atomic E-state index is 12.2. The average molecular weight is 385 g/mol. The fourth-order valence-corrected chi connectivity index (χ4v) is 4.73.